The van der Waals surface area contributed by atoms with Gasteiger partial charge in [0.15, 0.2) is 0 Å². The van der Waals surface area contributed by atoms with E-state index in [-0.39, 0.29) is 5.41 Å². The molecular weight excluding hydrogens is 350 g/mol. The molecule has 146 valence electrons. The highest BCUT2D eigenvalue weighted by Crippen LogP contribution is 2.29. The average Bonchev–Trinajstić information content (AvgIpc) is 3.03. The van der Waals surface area contributed by atoms with Crippen LogP contribution in [-0.2, 0) is 0 Å². The third kappa shape index (κ3) is 4.39. The largest absolute Gasteiger partial charge is 0.481 e. The quantitative estimate of drug-likeness (QED) is 0.678. The molecule has 0 fully saturated rings. The molecule has 28 heavy (non-hydrogen) atoms. The van der Waals surface area contributed by atoms with Gasteiger partial charge in [0.2, 0.25) is 5.88 Å². The van der Waals surface area contributed by atoms with Gasteiger partial charge in [-0.2, -0.15) is 0 Å². The Bertz CT molecular complexity index is 1040. The van der Waals surface area contributed by atoms with Crippen LogP contribution >= 0.6 is 0 Å². The fourth-order valence-electron chi connectivity index (χ4n) is 2.88. The normalized spacial score (nSPS) is 12.8. The van der Waals surface area contributed by atoms with Gasteiger partial charge in [0.25, 0.3) is 0 Å². The van der Waals surface area contributed by atoms with Crippen LogP contribution in [0.1, 0.15) is 32.0 Å². The number of methoxy groups -OCH3 is 1. The molecule has 6 nitrogen and oxygen atoms in total. The summed E-state index contributed by atoms with van der Waals surface area (Å²) in [6, 6.07) is 7.82. The average molecular weight is 377 g/mol. The summed E-state index contributed by atoms with van der Waals surface area (Å²) < 4.78 is 7.34. The monoisotopic (exact) mass is 377 g/mol. The van der Waals surface area contributed by atoms with Crippen LogP contribution in [0.2, 0.25) is 0 Å². The summed E-state index contributed by atoms with van der Waals surface area (Å²) in [6.07, 6.45) is 7.35. The second-order valence-electron chi connectivity index (χ2n) is 7.97. The van der Waals surface area contributed by atoms with Gasteiger partial charge in [-0.15, -0.1) is 0 Å². The molecule has 3 heterocycles. The predicted molar refractivity (Wildman–Crippen MR) is 115 cm³/mol. The highest BCUT2D eigenvalue weighted by atomic mass is 16.5. The van der Waals surface area contributed by atoms with E-state index in [2.05, 4.69) is 35.7 Å². The SMILES string of the molecule is COc1ccc(C(C=NCC(C)(C)C)=CN)c(-c2ccn3cc(C)nc3c2)n1. The first kappa shape index (κ1) is 19.6. The Morgan fingerprint density at radius 1 is 1.25 bits per heavy atom. The highest BCUT2D eigenvalue weighted by Gasteiger charge is 2.14. The number of ether oxygens (including phenoxy) is 1. The zero-order chi connectivity index (χ0) is 20.3. The maximum absolute atomic E-state index is 5.94. The molecule has 0 saturated carbocycles. The molecule has 6 heteroatoms. The summed E-state index contributed by atoms with van der Waals surface area (Å²) in [5, 5.41) is 0. The van der Waals surface area contributed by atoms with E-state index < -0.39 is 0 Å². The zero-order valence-corrected chi connectivity index (χ0v) is 17.1. The number of nitrogens with two attached hydrogens (primary N) is 1. The maximum Gasteiger partial charge on any atom is 0.213 e. The van der Waals surface area contributed by atoms with Crippen LogP contribution < -0.4 is 10.5 Å². The molecule has 2 N–H and O–H groups in total. The molecule has 0 unspecified atom stereocenters. The van der Waals surface area contributed by atoms with Gasteiger partial charge >= 0.3 is 0 Å². The fraction of sp³-hybridized carbons (Fsp3) is 0.318. The summed E-state index contributed by atoms with van der Waals surface area (Å²) in [6.45, 7) is 9.14. The van der Waals surface area contributed by atoms with Gasteiger partial charge in [0, 0.05) is 54.1 Å². The van der Waals surface area contributed by atoms with Crippen molar-refractivity contribution < 1.29 is 4.74 Å². The standard InChI is InChI=1S/C22H27N5O/c1-15-13-27-9-8-16(10-19(27)25-15)21-18(6-7-20(26-21)28-5)17(11-23)12-24-14-22(2,3)4/h6-13H,14,23H2,1-5H3. The number of nitrogens with zero attached hydrogens (tertiary/aromatic N) is 4. The Hall–Kier alpha value is -3.15. The molecule has 0 radical (unpaired) electrons. The molecule has 0 aliphatic heterocycles. The van der Waals surface area contributed by atoms with E-state index in [1.807, 2.05) is 54.2 Å². The number of aliphatic imine (C=N–C) groups is 1. The third-order valence-electron chi connectivity index (χ3n) is 4.22. The van der Waals surface area contributed by atoms with Crippen molar-refractivity contribution >= 4 is 17.4 Å². The number of fused-ring (bicyclic) bond motifs is 1. The third-order valence-corrected chi connectivity index (χ3v) is 4.22. The van der Waals surface area contributed by atoms with Crippen LogP contribution in [0.15, 0.2) is 47.9 Å². The smallest absolute Gasteiger partial charge is 0.213 e. The minimum atomic E-state index is 0.112. The zero-order valence-electron chi connectivity index (χ0n) is 17.1. The minimum Gasteiger partial charge on any atom is -0.481 e. The van der Waals surface area contributed by atoms with Crippen LogP contribution in [0.25, 0.3) is 22.5 Å². The van der Waals surface area contributed by atoms with E-state index in [1.165, 1.54) is 0 Å². The van der Waals surface area contributed by atoms with Gasteiger partial charge in [0.05, 0.1) is 18.5 Å². The minimum absolute atomic E-state index is 0.112. The number of hydrogen-bond donors (Lipinski definition) is 1. The first-order valence-corrected chi connectivity index (χ1v) is 9.23. The maximum atomic E-state index is 5.94. The van der Waals surface area contributed by atoms with Gasteiger partial charge < -0.3 is 14.9 Å². The first-order chi connectivity index (χ1) is 13.3. The van der Waals surface area contributed by atoms with Crippen molar-refractivity contribution in [3.05, 3.63) is 54.1 Å². The van der Waals surface area contributed by atoms with Crippen LogP contribution in [0.5, 0.6) is 5.88 Å². The van der Waals surface area contributed by atoms with E-state index in [0.29, 0.717) is 12.4 Å². The lowest BCUT2D eigenvalue weighted by Gasteiger charge is -2.15. The first-order valence-electron chi connectivity index (χ1n) is 9.23. The van der Waals surface area contributed by atoms with Crippen molar-refractivity contribution in [2.75, 3.05) is 13.7 Å². The number of imidazole rings is 1. The Kier molecular flexibility index (Phi) is 5.49. The Morgan fingerprint density at radius 2 is 2.04 bits per heavy atom. The van der Waals surface area contributed by atoms with Crippen molar-refractivity contribution in [3.8, 4) is 17.1 Å². The number of pyridine rings is 2. The Labute approximate surface area is 165 Å². The predicted octanol–water partition coefficient (Wildman–Crippen LogP) is 4.13. The summed E-state index contributed by atoms with van der Waals surface area (Å²) >= 11 is 0. The van der Waals surface area contributed by atoms with E-state index in [0.717, 1.165) is 33.7 Å². The number of aryl methyl sites for hydroxylation is 1. The van der Waals surface area contributed by atoms with Crippen LogP contribution in [-0.4, -0.2) is 34.2 Å². The molecule has 0 spiro atoms. The second-order valence-corrected chi connectivity index (χ2v) is 7.97. The highest BCUT2D eigenvalue weighted by molar-refractivity contribution is 6.11. The van der Waals surface area contributed by atoms with Gasteiger partial charge in [-0.3, -0.25) is 4.99 Å². The number of allylic oxidation sites excluding steroid dienone is 1. The van der Waals surface area contributed by atoms with Crippen LogP contribution in [0, 0.1) is 12.3 Å². The van der Waals surface area contributed by atoms with E-state index in [1.54, 1.807) is 13.3 Å². The topological polar surface area (TPSA) is 77.8 Å². The van der Waals surface area contributed by atoms with Crippen molar-refractivity contribution in [1.82, 2.24) is 14.4 Å². The van der Waals surface area contributed by atoms with E-state index in [9.17, 15) is 0 Å². The van der Waals surface area contributed by atoms with Crippen LogP contribution in [0.4, 0.5) is 0 Å². The van der Waals surface area contributed by atoms with Crippen molar-refractivity contribution in [1.29, 1.82) is 0 Å². The molecule has 0 bridgehead atoms. The molecule has 0 atom stereocenters. The van der Waals surface area contributed by atoms with Crippen LogP contribution in [0.3, 0.4) is 0 Å². The number of rotatable bonds is 5. The number of hydrogen-bond acceptors (Lipinski definition) is 5. The van der Waals surface area contributed by atoms with Gasteiger partial charge in [-0.25, -0.2) is 9.97 Å². The molecule has 3 rings (SSSR count). The summed E-state index contributed by atoms with van der Waals surface area (Å²) in [7, 11) is 1.61. The molecule has 3 aromatic rings. The van der Waals surface area contributed by atoms with Crippen molar-refractivity contribution in [3.63, 3.8) is 0 Å². The lowest BCUT2D eigenvalue weighted by Crippen LogP contribution is -2.09. The van der Waals surface area contributed by atoms with Gasteiger partial charge in [0.1, 0.15) is 5.65 Å². The Morgan fingerprint density at radius 3 is 2.71 bits per heavy atom. The molecule has 0 aliphatic rings. The van der Waals surface area contributed by atoms with Gasteiger partial charge in [-0.05, 0) is 30.5 Å². The Balaban J connectivity index is 2.08. The molecular formula is C22H27N5O. The van der Waals surface area contributed by atoms with E-state index >= 15 is 0 Å². The van der Waals surface area contributed by atoms with Crippen molar-refractivity contribution in [2.24, 2.45) is 16.1 Å². The lowest BCUT2D eigenvalue weighted by atomic mass is 9.97. The lowest BCUT2D eigenvalue weighted by molar-refractivity contribution is 0.398. The summed E-state index contributed by atoms with van der Waals surface area (Å²) in [4.78, 5) is 13.8. The van der Waals surface area contributed by atoms with Crippen molar-refractivity contribution in [2.45, 2.75) is 27.7 Å². The fourth-order valence-corrected chi connectivity index (χ4v) is 2.88. The number of aromatic nitrogens is 3. The molecule has 0 aromatic carbocycles. The molecule has 0 aliphatic carbocycles. The molecule has 0 amide bonds. The second kappa shape index (κ2) is 7.84. The van der Waals surface area contributed by atoms with E-state index in [4.69, 9.17) is 10.5 Å². The molecule has 0 saturated heterocycles. The summed E-state index contributed by atoms with van der Waals surface area (Å²) in [5.74, 6) is 0.543. The molecule has 3 aromatic heterocycles. The summed E-state index contributed by atoms with van der Waals surface area (Å²) in [5.41, 5.74) is 11.3. The van der Waals surface area contributed by atoms with Gasteiger partial charge in [-0.1, -0.05) is 20.8 Å².